The highest BCUT2D eigenvalue weighted by Crippen LogP contribution is 2.15. The number of benzene rings is 1. The number of halogens is 1. The van der Waals surface area contributed by atoms with Gasteiger partial charge >= 0.3 is 0 Å². The molecule has 0 aliphatic heterocycles. The molecule has 1 aromatic carbocycles. The first-order valence-electron chi connectivity index (χ1n) is 6.60. The van der Waals surface area contributed by atoms with Crippen LogP contribution in [0.1, 0.15) is 6.42 Å². The van der Waals surface area contributed by atoms with E-state index in [0.29, 0.717) is 31.1 Å². The molecular formula is C14H17ClN4O2. The van der Waals surface area contributed by atoms with Gasteiger partial charge in [-0.2, -0.15) is 5.10 Å². The van der Waals surface area contributed by atoms with Crippen molar-refractivity contribution in [2.45, 2.75) is 13.0 Å². The molecule has 1 heterocycles. The SMILES string of the molecule is CN(CCOc1ccc(Cl)cc1)C(=O)CCn1cncn1. The normalized spacial score (nSPS) is 10.4. The number of likely N-dealkylation sites (N-methyl/N-ethyl adjacent to an activating group) is 1. The molecule has 0 spiro atoms. The van der Waals surface area contributed by atoms with Crippen molar-refractivity contribution in [3.8, 4) is 5.75 Å². The highest BCUT2D eigenvalue weighted by atomic mass is 35.5. The Morgan fingerprint density at radius 1 is 1.38 bits per heavy atom. The molecule has 0 radical (unpaired) electrons. The van der Waals surface area contributed by atoms with Crippen molar-refractivity contribution in [1.29, 1.82) is 0 Å². The van der Waals surface area contributed by atoms with Gasteiger partial charge < -0.3 is 9.64 Å². The Labute approximate surface area is 128 Å². The Balaban J connectivity index is 1.67. The van der Waals surface area contributed by atoms with Gasteiger partial charge in [0.1, 0.15) is 25.0 Å². The molecule has 2 rings (SSSR count). The van der Waals surface area contributed by atoms with Crippen molar-refractivity contribution in [2.24, 2.45) is 0 Å². The van der Waals surface area contributed by atoms with E-state index in [1.807, 2.05) is 0 Å². The van der Waals surface area contributed by atoms with E-state index >= 15 is 0 Å². The molecule has 0 aliphatic rings. The van der Waals surface area contributed by atoms with E-state index < -0.39 is 0 Å². The van der Waals surface area contributed by atoms with E-state index in [-0.39, 0.29) is 5.91 Å². The number of hydrogen-bond donors (Lipinski definition) is 0. The van der Waals surface area contributed by atoms with Gasteiger partial charge in [0.15, 0.2) is 0 Å². The van der Waals surface area contributed by atoms with Crippen LogP contribution in [0.15, 0.2) is 36.9 Å². The van der Waals surface area contributed by atoms with Crippen molar-refractivity contribution in [3.05, 3.63) is 41.9 Å². The number of amides is 1. The van der Waals surface area contributed by atoms with Crippen molar-refractivity contribution in [3.63, 3.8) is 0 Å². The van der Waals surface area contributed by atoms with Crippen molar-refractivity contribution < 1.29 is 9.53 Å². The lowest BCUT2D eigenvalue weighted by atomic mass is 10.3. The summed E-state index contributed by atoms with van der Waals surface area (Å²) in [6.07, 6.45) is 3.44. The number of carbonyl (C=O) groups excluding carboxylic acids is 1. The average Bonchev–Trinajstić information content (AvgIpc) is 3.00. The zero-order valence-corrected chi connectivity index (χ0v) is 12.5. The first-order valence-corrected chi connectivity index (χ1v) is 6.97. The molecule has 0 saturated heterocycles. The number of hydrogen-bond acceptors (Lipinski definition) is 4. The van der Waals surface area contributed by atoms with E-state index in [2.05, 4.69) is 10.1 Å². The summed E-state index contributed by atoms with van der Waals surface area (Å²) in [6, 6.07) is 7.14. The fraction of sp³-hybridized carbons (Fsp3) is 0.357. The fourth-order valence-electron chi connectivity index (χ4n) is 1.71. The first kappa shape index (κ1) is 15.3. The second-order valence-corrected chi connectivity index (χ2v) is 4.96. The second-order valence-electron chi connectivity index (χ2n) is 4.53. The minimum Gasteiger partial charge on any atom is -0.492 e. The highest BCUT2D eigenvalue weighted by Gasteiger charge is 2.09. The summed E-state index contributed by atoms with van der Waals surface area (Å²) in [5.41, 5.74) is 0. The van der Waals surface area contributed by atoms with Crippen LogP contribution in [0.4, 0.5) is 0 Å². The topological polar surface area (TPSA) is 60.2 Å². The van der Waals surface area contributed by atoms with Gasteiger partial charge in [-0.3, -0.25) is 9.48 Å². The highest BCUT2D eigenvalue weighted by molar-refractivity contribution is 6.30. The minimum atomic E-state index is 0.0465. The molecule has 0 N–H and O–H groups in total. The van der Waals surface area contributed by atoms with Gasteiger partial charge in [-0.1, -0.05) is 11.6 Å². The second kappa shape index (κ2) is 7.64. The zero-order valence-electron chi connectivity index (χ0n) is 11.8. The van der Waals surface area contributed by atoms with Crippen molar-refractivity contribution in [1.82, 2.24) is 19.7 Å². The Morgan fingerprint density at radius 2 is 2.14 bits per heavy atom. The Bertz CT molecular complexity index is 557. The molecule has 21 heavy (non-hydrogen) atoms. The summed E-state index contributed by atoms with van der Waals surface area (Å²) in [4.78, 5) is 17.4. The summed E-state index contributed by atoms with van der Waals surface area (Å²) in [5.74, 6) is 0.785. The molecule has 1 amide bonds. The number of ether oxygens (including phenoxy) is 1. The number of carbonyl (C=O) groups is 1. The maximum Gasteiger partial charge on any atom is 0.224 e. The van der Waals surface area contributed by atoms with E-state index in [1.54, 1.807) is 47.2 Å². The lowest BCUT2D eigenvalue weighted by molar-refractivity contribution is -0.130. The molecule has 1 aromatic heterocycles. The average molecular weight is 309 g/mol. The van der Waals surface area contributed by atoms with E-state index in [0.717, 1.165) is 5.75 Å². The Morgan fingerprint density at radius 3 is 2.81 bits per heavy atom. The lowest BCUT2D eigenvalue weighted by Gasteiger charge is -2.17. The Hall–Kier alpha value is -2.08. The molecule has 112 valence electrons. The van der Waals surface area contributed by atoms with Gasteiger partial charge in [0.05, 0.1) is 13.1 Å². The molecule has 0 saturated carbocycles. The van der Waals surface area contributed by atoms with Crippen LogP contribution in [0.3, 0.4) is 0 Å². The van der Waals surface area contributed by atoms with Gasteiger partial charge in [0.2, 0.25) is 5.91 Å². The maximum absolute atomic E-state index is 11.9. The fourth-order valence-corrected chi connectivity index (χ4v) is 1.83. The van der Waals surface area contributed by atoms with Crippen LogP contribution in [-0.2, 0) is 11.3 Å². The molecule has 0 unspecified atom stereocenters. The molecular weight excluding hydrogens is 292 g/mol. The van der Waals surface area contributed by atoms with Gasteiger partial charge in [-0.05, 0) is 24.3 Å². The van der Waals surface area contributed by atoms with Gasteiger partial charge in [-0.15, -0.1) is 0 Å². The summed E-state index contributed by atoms with van der Waals surface area (Å²) in [5, 5.41) is 4.63. The van der Waals surface area contributed by atoms with Crippen LogP contribution in [0.5, 0.6) is 5.75 Å². The van der Waals surface area contributed by atoms with E-state index in [4.69, 9.17) is 16.3 Å². The monoisotopic (exact) mass is 308 g/mol. The van der Waals surface area contributed by atoms with E-state index in [1.165, 1.54) is 6.33 Å². The smallest absolute Gasteiger partial charge is 0.224 e. The summed E-state index contributed by atoms with van der Waals surface area (Å²) >= 11 is 5.79. The van der Waals surface area contributed by atoms with Crippen LogP contribution in [0.2, 0.25) is 5.02 Å². The largest absolute Gasteiger partial charge is 0.492 e. The zero-order chi connectivity index (χ0) is 15.1. The van der Waals surface area contributed by atoms with Crippen molar-refractivity contribution in [2.75, 3.05) is 20.2 Å². The molecule has 7 heteroatoms. The van der Waals surface area contributed by atoms with Gasteiger partial charge in [0, 0.05) is 18.5 Å². The number of aromatic nitrogens is 3. The van der Waals surface area contributed by atoms with Crippen LogP contribution >= 0.6 is 11.6 Å². The third-order valence-corrected chi connectivity index (χ3v) is 3.21. The maximum atomic E-state index is 11.9. The molecule has 2 aromatic rings. The molecule has 0 aliphatic carbocycles. The summed E-state index contributed by atoms with van der Waals surface area (Å²) < 4.78 is 7.19. The number of aryl methyl sites for hydroxylation is 1. The van der Waals surface area contributed by atoms with Crippen LogP contribution in [0, 0.1) is 0 Å². The van der Waals surface area contributed by atoms with Crippen LogP contribution in [-0.4, -0.2) is 45.8 Å². The van der Waals surface area contributed by atoms with Crippen molar-refractivity contribution >= 4 is 17.5 Å². The van der Waals surface area contributed by atoms with Gasteiger partial charge in [-0.25, -0.2) is 4.98 Å². The predicted octanol–water partition coefficient (Wildman–Crippen LogP) is 1.86. The number of rotatable bonds is 7. The summed E-state index contributed by atoms with van der Waals surface area (Å²) in [7, 11) is 1.76. The molecule has 0 atom stereocenters. The van der Waals surface area contributed by atoms with Crippen LogP contribution in [0.25, 0.3) is 0 Å². The number of nitrogens with zero attached hydrogens (tertiary/aromatic N) is 4. The quantitative estimate of drug-likeness (QED) is 0.783. The predicted molar refractivity (Wildman–Crippen MR) is 79.2 cm³/mol. The van der Waals surface area contributed by atoms with Gasteiger partial charge in [0.25, 0.3) is 0 Å². The van der Waals surface area contributed by atoms with Crippen LogP contribution < -0.4 is 4.74 Å². The third-order valence-electron chi connectivity index (χ3n) is 2.96. The minimum absolute atomic E-state index is 0.0465. The first-order chi connectivity index (χ1) is 10.1. The lowest BCUT2D eigenvalue weighted by Crippen LogP contribution is -2.31. The standard InChI is InChI=1S/C14H17ClN4O2/c1-18(14(20)6-7-19-11-16-10-17-19)8-9-21-13-4-2-12(15)3-5-13/h2-5,10-11H,6-9H2,1H3. The third kappa shape index (κ3) is 5.07. The van der Waals surface area contributed by atoms with E-state index in [9.17, 15) is 4.79 Å². The molecule has 6 nitrogen and oxygen atoms in total. The molecule has 0 bridgehead atoms. The summed E-state index contributed by atoms with van der Waals surface area (Å²) in [6.45, 7) is 1.49. The Kier molecular flexibility index (Phi) is 5.57. The molecule has 0 fully saturated rings.